The Hall–Kier alpha value is -0.720. The average molecular weight is 354 g/mol. The molecule has 8 heteroatoms. The van der Waals surface area contributed by atoms with Crippen LogP contribution in [-0.4, -0.2) is 15.9 Å². The Morgan fingerprint density at radius 3 is 2.70 bits per heavy atom. The molecule has 2 heterocycles. The second-order valence-corrected chi connectivity index (χ2v) is 7.20. The van der Waals surface area contributed by atoms with E-state index in [-0.39, 0.29) is 5.91 Å². The summed E-state index contributed by atoms with van der Waals surface area (Å²) >= 11 is 18.9. The Kier molecular flexibility index (Phi) is 5.35. The van der Waals surface area contributed by atoms with Crippen LogP contribution >= 0.6 is 46.1 Å². The second kappa shape index (κ2) is 6.83. The van der Waals surface area contributed by atoms with E-state index in [0.717, 1.165) is 0 Å². The first-order chi connectivity index (χ1) is 9.47. The van der Waals surface area contributed by atoms with Crippen LogP contribution in [0.15, 0.2) is 40.3 Å². The van der Waals surface area contributed by atoms with Gasteiger partial charge in [0.25, 0.3) is 5.91 Å². The molecule has 0 radical (unpaired) electrons. The quantitative estimate of drug-likeness (QED) is 0.638. The van der Waals surface area contributed by atoms with E-state index >= 15 is 0 Å². The molecule has 20 heavy (non-hydrogen) atoms. The van der Waals surface area contributed by atoms with E-state index in [9.17, 15) is 4.79 Å². The van der Waals surface area contributed by atoms with Crippen LogP contribution in [0.3, 0.4) is 0 Å². The molecule has 4 nitrogen and oxygen atoms in total. The summed E-state index contributed by atoms with van der Waals surface area (Å²) in [5.41, 5.74) is 0. The van der Waals surface area contributed by atoms with Gasteiger partial charge in [-0.3, -0.25) is 10.1 Å². The minimum absolute atomic E-state index is 0.303. The molecular weight excluding hydrogens is 343 g/mol. The van der Waals surface area contributed by atoms with Gasteiger partial charge in [0.05, 0.1) is 17.7 Å². The summed E-state index contributed by atoms with van der Waals surface area (Å²) < 4.78 is 3.49. The van der Waals surface area contributed by atoms with Crippen molar-refractivity contribution < 1.29 is 9.21 Å². The summed E-state index contributed by atoms with van der Waals surface area (Å²) in [7, 11) is 0. The molecule has 2 rings (SSSR count). The fourth-order valence-electron chi connectivity index (χ4n) is 1.47. The molecule has 1 amide bonds. The van der Waals surface area contributed by atoms with E-state index in [1.807, 2.05) is 0 Å². The monoisotopic (exact) mass is 352 g/mol. The first kappa shape index (κ1) is 15.7. The predicted molar refractivity (Wildman–Crippen MR) is 81.4 cm³/mol. The molecule has 0 aromatic carbocycles. The van der Waals surface area contributed by atoms with Crippen LogP contribution in [0.5, 0.6) is 0 Å². The number of alkyl halides is 3. The van der Waals surface area contributed by atoms with E-state index in [0.29, 0.717) is 17.2 Å². The molecule has 2 aromatic rings. The lowest BCUT2D eigenvalue weighted by molar-refractivity contribution is 0.0932. The zero-order valence-electron chi connectivity index (χ0n) is 10.1. The molecule has 0 saturated heterocycles. The van der Waals surface area contributed by atoms with Gasteiger partial charge in [0, 0.05) is 0 Å². The van der Waals surface area contributed by atoms with Crippen LogP contribution < -0.4 is 10.6 Å². The average Bonchev–Trinajstić information content (AvgIpc) is 3.04. The van der Waals surface area contributed by atoms with Crippen LogP contribution in [0, 0.1) is 0 Å². The third-order valence-corrected chi connectivity index (χ3v) is 3.93. The van der Waals surface area contributed by atoms with Crippen molar-refractivity contribution in [3.05, 3.63) is 46.5 Å². The summed E-state index contributed by atoms with van der Waals surface area (Å²) in [6, 6.07) is 7.01. The van der Waals surface area contributed by atoms with Crippen molar-refractivity contribution in [1.82, 2.24) is 10.6 Å². The Morgan fingerprint density at radius 2 is 2.15 bits per heavy atom. The molecule has 0 bridgehead atoms. The lowest BCUT2D eigenvalue weighted by Gasteiger charge is -2.26. The smallest absolute Gasteiger partial charge is 0.262 e. The molecule has 0 aliphatic heterocycles. The van der Waals surface area contributed by atoms with Crippen molar-refractivity contribution >= 4 is 52.0 Å². The number of rotatable bonds is 5. The number of hydrogen-bond donors (Lipinski definition) is 2. The van der Waals surface area contributed by atoms with E-state index in [4.69, 9.17) is 39.2 Å². The highest BCUT2D eigenvalue weighted by molar-refractivity contribution is 7.12. The minimum atomic E-state index is -1.68. The Bertz CT molecular complexity index is 538. The lowest BCUT2D eigenvalue weighted by Crippen LogP contribution is -2.52. The largest absolute Gasteiger partial charge is 0.468 e. The maximum atomic E-state index is 12.0. The number of thiophene rings is 1. The molecule has 0 aliphatic rings. The fraction of sp³-hybridized carbons (Fsp3) is 0.250. The highest BCUT2D eigenvalue weighted by Crippen LogP contribution is 2.29. The summed E-state index contributed by atoms with van der Waals surface area (Å²) in [5.74, 6) is 0.373. The highest BCUT2D eigenvalue weighted by Gasteiger charge is 2.34. The van der Waals surface area contributed by atoms with E-state index in [1.165, 1.54) is 11.3 Å². The summed E-state index contributed by atoms with van der Waals surface area (Å²) in [6.07, 6.45) is 0.707. The number of nitrogens with one attached hydrogen (secondary N) is 2. The molecule has 0 saturated carbocycles. The molecule has 0 fully saturated rings. The number of carbonyl (C=O) groups excluding carboxylic acids is 1. The molecule has 2 N–H and O–H groups in total. The number of halogens is 3. The lowest BCUT2D eigenvalue weighted by atomic mass is 10.4. The molecule has 108 valence electrons. The molecular formula is C12H11Cl3N2O2S. The van der Waals surface area contributed by atoms with E-state index < -0.39 is 9.96 Å². The van der Waals surface area contributed by atoms with Gasteiger partial charge >= 0.3 is 0 Å². The first-order valence-corrected chi connectivity index (χ1v) is 7.65. The van der Waals surface area contributed by atoms with Crippen LogP contribution in [0.25, 0.3) is 0 Å². The zero-order valence-corrected chi connectivity index (χ0v) is 13.2. The van der Waals surface area contributed by atoms with Crippen molar-refractivity contribution in [3.63, 3.8) is 0 Å². The predicted octanol–water partition coefficient (Wildman–Crippen LogP) is 3.56. The topological polar surface area (TPSA) is 54.3 Å². The highest BCUT2D eigenvalue weighted by atomic mass is 35.6. The summed E-state index contributed by atoms with van der Waals surface area (Å²) in [5, 5.41) is 7.38. The van der Waals surface area contributed by atoms with Crippen LogP contribution in [-0.2, 0) is 6.54 Å². The third-order valence-electron chi connectivity index (χ3n) is 2.41. The summed E-state index contributed by atoms with van der Waals surface area (Å²) in [4.78, 5) is 12.5. The van der Waals surface area contributed by atoms with Crippen molar-refractivity contribution in [2.75, 3.05) is 0 Å². The Morgan fingerprint density at radius 1 is 1.35 bits per heavy atom. The third kappa shape index (κ3) is 4.40. The SMILES string of the molecule is O=C(N[C@@H](NCc1ccco1)C(Cl)(Cl)Cl)c1cccs1. The zero-order chi connectivity index (χ0) is 14.6. The van der Waals surface area contributed by atoms with Crippen molar-refractivity contribution in [3.8, 4) is 0 Å². The molecule has 0 spiro atoms. The van der Waals surface area contributed by atoms with Crippen molar-refractivity contribution in [2.45, 2.75) is 16.5 Å². The summed E-state index contributed by atoms with van der Waals surface area (Å²) in [6.45, 7) is 0.330. The molecule has 2 aromatic heterocycles. The van der Waals surface area contributed by atoms with Crippen molar-refractivity contribution in [1.29, 1.82) is 0 Å². The number of carbonyl (C=O) groups is 1. The van der Waals surface area contributed by atoms with Gasteiger partial charge < -0.3 is 9.73 Å². The van der Waals surface area contributed by atoms with Crippen LogP contribution in [0.1, 0.15) is 15.4 Å². The maximum absolute atomic E-state index is 12.0. The van der Waals surface area contributed by atoms with Gasteiger partial charge in [-0.05, 0) is 23.6 Å². The maximum Gasteiger partial charge on any atom is 0.262 e. The molecule has 0 unspecified atom stereocenters. The fourth-order valence-corrected chi connectivity index (χ4v) is 2.50. The molecule has 0 aliphatic carbocycles. The van der Waals surface area contributed by atoms with E-state index in [2.05, 4.69) is 10.6 Å². The van der Waals surface area contributed by atoms with Gasteiger partial charge in [-0.15, -0.1) is 11.3 Å². The number of furan rings is 1. The van der Waals surface area contributed by atoms with Gasteiger partial charge in [0.15, 0.2) is 0 Å². The number of amides is 1. The van der Waals surface area contributed by atoms with Gasteiger partial charge in [0.1, 0.15) is 11.9 Å². The van der Waals surface area contributed by atoms with E-state index in [1.54, 1.807) is 35.9 Å². The van der Waals surface area contributed by atoms with Gasteiger partial charge in [-0.1, -0.05) is 40.9 Å². The normalized spacial score (nSPS) is 13.2. The standard InChI is InChI=1S/C12H11Cl3N2O2S/c13-12(14,15)11(16-7-8-3-1-5-19-8)17-10(18)9-4-2-6-20-9/h1-6,11,16H,7H2,(H,17,18)/t11-/m1/s1. The van der Waals surface area contributed by atoms with Gasteiger partial charge in [0.2, 0.25) is 3.79 Å². The van der Waals surface area contributed by atoms with Gasteiger partial charge in [-0.2, -0.15) is 0 Å². The van der Waals surface area contributed by atoms with Crippen LogP contribution in [0.2, 0.25) is 0 Å². The first-order valence-electron chi connectivity index (χ1n) is 5.63. The van der Waals surface area contributed by atoms with Gasteiger partial charge in [-0.25, -0.2) is 0 Å². The van der Waals surface area contributed by atoms with Crippen molar-refractivity contribution in [2.24, 2.45) is 0 Å². The number of hydrogen-bond acceptors (Lipinski definition) is 4. The Balaban J connectivity index is 1.99. The molecule has 1 atom stereocenters. The van der Waals surface area contributed by atoms with Crippen LogP contribution in [0.4, 0.5) is 0 Å². The minimum Gasteiger partial charge on any atom is -0.468 e. The Labute approximate surface area is 135 Å². The second-order valence-electron chi connectivity index (χ2n) is 3.89.